The van der Waals surface area contributed by atoms with Crippen molar-refractivity contribution in [2.24, 2.45) is 7.05 Å². The molecule has 0 aliphatic carbocycles. The summed E-state index contributed by atoms with van der Waals surface area (Å²) in [6.45, 7) is 1.05. The molecule has 0 bridgehead atoms. The molecule has 0 radical (unpaired) electrons. The highest BCUT2D eigenvalue weighted by molar-refractivity contribution is 7.89. The lowest BCUT2D eigenvalue weighted by molar-refractivity contribution is 0.577. The van der Waals surface area contributed by atoms with E-state index < -0.39 is 10.0 Å². The number of aryl methyl sites for hydroxylation is 2. The Balaban J connectivity index is 1.80. The average Bonchev–Trinajstić information content (AvgIpc) is 2.90. The maximum atomic E-state index is 12.3. The molecule has 1 aliphatic rings. The molecule has 0 amide bonds. The van der Waals surface area contributed by atoms with Crippen LogP contribution in [0.25, 0.3) is 0 Å². The van der Waals surface area contributed by atoms with Gasteiger partial charge in [-0.25, -0.2) is 13.1 Å². The molecular formula is C13H17N5O2S. The van der Waals surface area contributed by atoms with Crippen molar-refractivity contribution in [2.75, 3.05) is 11.9 Å². The number of fused-ring (bicyclic) bond motifs is 1. The fraction of sp³-hybridized carbons (Fsp3) is 0.385. The predicted molar refractivity (Wildman–Crippen MR) is 78.3 cm³/mol. The van der Waals surface area contributed by atoms with E-state index in [1.54, 1.807) is 23.7 Å². The van der Waals surface area contributed by atoms with Gasteiger partial charge in [-0.3, -0.25) is 0 Å². The number of hydrogen-bond acceptors (Lipinski definition) is 5. The van der Waals surface area contributed by atoms with Crippen molar-refractivity contribution in [1.82, 2.24) is 19.5 Å². The van der Waals surface area contributed by atoms with E-state index in [4.69, 9.17) is 0 Å². The number of benzene rings is 1. The zero-order valence-corrected chi connectivity index (χ0v) is 12.5. The molecule has 0 unspecified atom stereocenters. The third-order valence-electron chi connectivity index (χ3n) is 3.55. The highest BCUT2D eigenvalue weighted by atomic mass is 32.2. The second-order valence-corrected chi connectivity index (χ2v) is 6.80. The molecule has 0 saturated carbocycles. The van der Waals surface area contributed by atoms with Gasteiger partial charge in [0.1, 0.15) is 12.2 Å². The van der Waals surface area contributed by atoms with Gasteiger partial charge in [0.05, 0.1) is 11.4 Å². The zero-order valence-electron chi connectivity index (χ0n) is 11.7. The van der Waals surface area contributed by atoms with Gasteiger partial charge in [-0.1, -0.05) is 0 Å². The van der Waals surface area contributed by atoms with Crippen molar-refractivity contribution in [3.63, 3.8) is 0 Å². The van der Waals surface area contributed by atoms with E-state index in [1.165, 1.54) is 6.33 Å². The lowest BCUT2D eigenvalue weighted by atomic mass is 10.0. The third kappa shape index (κ3) is 2.91. The Morgan fingerprint density at radius 3 is 3.05 bits per heavy atom. The number of nitrogens with one attached hydrogen (secondary N) is 2. The van der Waals surface area contributed by atoms with Crippen molar-refractivity contribution in [3.8, 4) is 0 Å². The lowest BCUT2D eigenvalue weighted by Gasteiger charge is -2.18. The minimum Gasteiger partial charge on any atom is -0.385 e. The van der Waals surface area contributed by atoms with Crippen molar-refractivity contribution < 1.29 is 8.42 Å². The summed E-state index contributed by atoms with van der Waals surface area (Å²) in [6.07, 6.45) is 3.45. The molecule has 1 aromatic heterocycles. The second-order valence-electron chi connectivity index (χ2n) is 5.03. The van der Waals surface area contributed by atoms with Gasteiger partial charge >= 0.3 is 0 Å². The Labute approximate surface area is 123 Å². The van der Waals surface area contributed by atoms with Gasteiger partial charge in [-0.2, -0.15) is 0 Å². The van der Waals surface area contributed by atoms with Crippen LogP contribution in [0, 0.1) is 0 Å². The van der Waals surface area contributed by atoms with Gasteiger partial charge in [0.25, 0.3) is 0 Å². The normalized spacial score (nSPS) is 14.5. The minimum atomic E-state index is -3.55. The SMILES string of the molecule is Cn1cnnc1CNS(=O)(=O)c1ccc2c(c1)CCCN2. The van der Waals surface area contributed by atoms with Gasteiger partial charge in [0.2, 0.25) is 10.0 Å². The molecule has 7 nitrogen and oxygen atoms in total. The molecule has 0 saturated heterocycles. The first-order valence-corrected chi connectivity index (χ1v) is 8.24. The Bertz CT molecular complexity index is 754. The van der Waals surface area contributed by atoms with Crippen LogP contribution in [0.1, 0.15) is 17.8 Å². The molecule has 2 aromatic rings. The lowest BCUT2D eigenvalue weighted by Crippen LogP contribution is -2.25. The summed E-state index contributed by atoms with van der Waals surface area (Å²) in [5.74, 6) is 0.568. The van der Waals surface area contributed by atoms with Crippen LogP contribution in [0.3, 0.4) is 0 Å². The summed E-state index contributed by atoms with van der Waals surface area (Å²) in [4.78, 5) is 0.284. The molecule has 21 heavy (non-hydrogen) atoms. The van der Waals surface area contributed by atoms with Crippen molar-refractivity contribution in [1.29, 1.82) is 0 Å². The number of nitrogens with zero attached hydrogens (tertiary/aromatic N) is 3. The van der Waals surface area contributed by atoms with E-state index >= 15 is 0 Å². The number of sulfonamides is 1. The quantitative estimate of drug-likeness (QED) is 0.866. The summed E-state index contributed by atoms with van der Waals surface area (Å²) in [5, 5.41) is 10.8. The van der Waals surface area contributed by atoms with Gasteiger partial charge < -0.3 is 9.88 Å². The first-order chi connectivity index (χ1) is 10.1. The minimum absolute atomic E-state index is 0.119. The molecular weight excluding hydrogens is 290 g/mol. The Morgan fingerprint density at radius 2 is 2.29 bits per heavy atom. The molecule has 8 heteroatoms. The van der Waals surface area contributed by atoms with Gasteiger partial charge in [0, 0.05) is 19.3 Å². The maximum absolute atomic E-state index is 12.3. The first kappa shape index (κ1) is 14.0. The van der Waals surface area contributed by atoms with Crippen LogP contribution in [0.15, 0.2) is 29.4 Å². The van der Waals surface area contributed by atoms with Crippen molar-refractivity contribution in [3.05, 3.63) is 35.9 Å². The summed E-state index contributed by atoms with van der Waals surface area (Å²) in [5.41, 5.74) is 2.07. The molecule has 112 valence electrons. The monoisotopic (exact) mass is 307 g/mol. The number of hydrogen-bond donors (Lipinski definition) is 2. The standard InChI is InChI=1S/C13H17N5O2S/c1-18-9-15-17-13(18)8-16-21(19,20)11-4-5-12-10(7-11)3-2-6-14-12/h4-5,7,9,14,16H,2-3,6,8H2,1H3. The van der Waals surface area contributed by atoms with E-state index in [-0.39, 0.29) is 11.4 Å². The van der Waals surface area contributed by atoms with Crippen LogP contribution in [0.4, 0.5) is 5.69 Å². The molecule has 0 atom stereocenters. The van der Waals surface area contributed by atoms with Crippen LogP contribution in [-0.2, 0) is 30.0 Å². The van der Waals surface area contributed by atoms with Gasteiger partial charge in [-0.15, -0.1) is 10.2 Å². The number of rotatable bonds is 4. The average molecular weight is 307 g/mol. The number of anilines is 1. The summed E-state index contributed by atoms with van der Waals surface area (Å²) in [7, 11) is -1.77. The smallest absolute Gasteiger partial charge is 0.240 e. The van der Waals surface area contributed by atoms with Gasteiger partial charge in [0.15, 0.2) is 0 Å². The fourth-order valence-electron chi connectivity index (χ4n) is 2.33. The van der Waals surface area contributed by atoms with Gasteiger partial charge in [-0.05, 0) is 36.6 Å². The van der Waals surface area contributed by atoms with Crippen molar-refractivity contribution >= 4 is 15.7 Å². The molecule has 2 N–H and O–H groups in total. The van der Waals surface area contributed by atoms with Crippen LogP contribution < -0.4 is 10.0 Å². The largest absolute Gasteiger partial charge is 0.385 e. The summed E-state index contributed by atoms with van der Waals surface area (Å²) >= 11 is 0. The van der Waals surface area contributed by atoms with Crippen LogP contribution >= 0.6 is 0 Å². The van der Waals surface area contributed by atoms with E-state index in [0.29, 0.717) is 5.82 Å². The zero-order chi connectivity index (χ0) is 14.9. The Hall–Kier alpha value is -1.93. The second kappa shape index (κ2) is 5.45. The highest BCUT2D eigenvalue weighted by Crippen LogP contribution is 2.24. The third-order valence-corrected chi connectivity index (χ3v) is 4.95. The van der Waals surface area contributed by atoms with E-state index in [0.717, 1.165) is 30.6 Å². The molecule has 2 heterocycles. The number of aromatic nitrogens is 3. The van der Waals surface area contributed by atoms with E-state index in [1.807, 2.05) is 6.07 Å². The molecule has 1 aromatic carbocycles. The summed E-state index contributed by atoms with van der Waals surface area (Å²) in [6, 6.07) is 5.18. The predicted octanol–water partition coefficient (Wildman–Crippen LogP) is 0.652. The van der Waals surface area contributed by atoms with E-state index in [9.17, 15) is 8.42 Å². The fourth-order valence-corrected chi connectivity index (χ4v) is 3.36. The molecule has 3 rings (SSSR count). The summed E-state index contributed by atoms with van der Waals surface area (Å²) < 4.78 is 28.9. The van der Waals surface area contributed by atoms with Crippen LogP contribution in [-0.4, -0.2) is 29.7 Å². The Kier molecular flexibility index (Phi) is 3.64. The van der Waals surface area contributed by atoms with Crippen molar-refractivity contribution in [2.45, 2.75) is 24.3 Å². The van der Waals surface area contributed by atoms with E-state index in [2.05, 4.69) is 20.2 Å². The molecule has 0 spiro atoms. The molecule has 1 aliphatic heterocycles. The first-order valence-electron chi connectivity index (χ1n) is 6.75. The van der Waals surface area contributed by atoms with Crippen LogP contribution in [0.2, 0.25) is 0 Å². The maximum Gasteiger partial charge on any atom is 0.240 e. The highest BCUT2D eigenvalue weighted by Gasteiger charge is 2.18. The van der Waals surface area contributed by atoms with Crippen LogP contribution in [0.5, 0.6) is 0 Å². The molecule has 0 fully saturated rings. The Morgan fingerprint density at radius 1 is 1.43 bits per heavy atom. The topological polar surface area (TPSA) is 88.9 Å².